The van der Waals surface area contributed by atoms with Crippen molar-refractivity contribution in [3.05, 3.63) is 34.2 Å². The van der Waals surface area contributed by atoms with Gasteiger partial charge in [-0.05, 0) is 47.6 Å². The summed E-state index contributed by atoms with van der Waals surface area (Å²) >= 11 is 0. The van der Waals surface area contributed by atoms with Crippen molar-refractivity contribution in [3.63, 3.8) is 0 Å². The van der Waals surface area contributed by atoms with Gasteiger partial charge in [-0.3, -0.25) is 14.3 Å². The van der Waals surface area contributed by atoms with E-state index < -0.39 is 32.7 Å². The number of hydrogen-bond donors (Lipinski definition) is 0. The molecule has 1 amide bonds. The standard InChI is InChI=1S/C22H36N5O5P/c1-9-25(18(7)28)20-10-12-26(22(29)24-20)21-14-19(17(6)31-21)32-33(30-13-11-23-8)27(15(2)3)16(4)5/h10,12,15-17,19,21H,9,11,13-14H2,1-7H3/t17-,19?,21-,33?/m1/s1/i6D. The maximum Gasteiger partial charge on any atom is 0.351 e. The predicted molar refractivity (Wildman–Crippen MR) is 128 cm³/mol. The molecule has 0 saturated carbocycles. The van der Waals surface area contributed by atoms with Crippen molar-refractivity contribution in [2.45, 2.75) is 85.4 Å². The van der Waals surface area contributed by atoms with Crippen molar-refractivity contribution in [3.8, 4) is 0 Å². The van der Waals surface area contributed by atoms with Gasteiger partial charge < -0.3 is 18.6 Å². The molecule has 33 heavy (non-hydrogen) atoms. The van der Waals surface area contributed by atoms with Crippen LogP contribution in [0.4, 0.5) is 5.82 Å². The minimum absolute atomic E-state index is 0.0377. The van der Waals surface area contributed by atoms with Crippen LogP contribution in [-0.2, 0) is 18.6 Å². The lowest BCUT2D eigenvalue weighted by Crippen LogP contribution is -2.35. The Kier molecular flexibility index (Phi) is 9.78. The Morgan fingerprint density at radius 2 is 2.15 bits per heavy atom. The number of aromatic nitrogens is 2. The molecule has 1 aromatic rings. The number of carbonyl (C=O) groups excluding carboxylic acids is 1. The van der Waals surface area contributed by atoms with Crippen molar-refractivity contribution < 1.29 is 19.9 Å². The number of carbonyl (C=O) groups is 1. The number of anilines is 1. The summed E-state index contributed by atoms with van der Waals surface area (Å²) in [6.07, 6.45) is 0.264. The molecular formula is C22H36N5O5P. The van der Waals surface area contributed by atoms with Crippen molar-refractivity contribution in [2.75, 3.05) is 24.6 Å². The van der Waals surface area contributed by atoms with E-state index in [-0.39, 0.29) is 38.0 Å². The molecule has 0 radical (unpaired) electrons. The Bertz CT molecular complexity index is 900. The summed E-state index contributed by atoms with van der Waals surface area (Å²) in [4.78, 5) is 33.4. The number of nitrogens with zero attached hydrogens (tertiary/aromatic N) is 5. The van der Waals surface area contributed by atoms with Crippen LogP contribution in [0.25, 0.3) is 4.85 Å². The van der Waals surface area contributed by atoms with E-state index >= 15 is 0 Å². The van der Waals surface area contributed by atoms with E-state index in [9.17, 15) is 9.59 Å². The second kappa shape index (κ2) is 12.5. The Hall–Kier alpha value is -1.89. The number of ether oxygens (including phenoxy) is 1. The first-order chi connectivity index (χ1) is 16.1. The fraction of sp³-hybridized carbons (Fsp3) is 0.727. The van der Waals surface area contributed by atoms with Crippen LogP contribution < -0.4 is 10.6 Å². The molecule has 1 aromatic heterocycles. The van der Waals surface area contributed by atoms with E-state index in [1.54, 1.807) is 12.3 Å². The third-order valence-corrected chi connectivity index (χ3v) is 7.31. The quantitative estimate of drug-likeness (QED) is 0.270. The van der Waals surface area contributed by atoms with Crippen LogP contribution in [0.1, 0.15) is 62.5 Å². The highest BCUT2D eigenvalue weighted by molar-refractivity contribution is 7.44. The highest BCUT2D eigenvalue weighted by atomic mass is 31.2. The zero-order valence-corrected chi connectivity index (χ0v) is 21.2. The van der Waals surface area contributed by atoms with E-state index in [2.05, 4.69) is 42.2 Å². The first-order valence-electron chi connectivity index (χ1n) is 11.9. The summed E-state index contributed by atoms with van der Waals surface area (Å²) < 4.78 is 29.8. The Labute approximate surface area is 199 Å². The highest BCUT2D eigenvalue weighted by Crippen LogP contribution is 2.49. The third kappa shape index (κ3) is 7.05. The van der Waals surface area contributed by atoms with Gasteiger partial charge in [0, 0.05) is 39.5 Å². The first kappa shape index (κ1) is 25.7. The molecule has 10 nitrogen and oxygen atoms in total. The predicted octanol–water partition coefficient (Wildman–Crippen LogP) is 3.59. The fourth-order valence-electron chi connectivity index (χ4n) is 3.71. The van der Waals surface area contributed by atoms with Gasteiger partial charge in [0.2, 0.25) is 12.5 Å². The van der Waals surface area contributed by atoms with E-state index in [0.29, 0.717) is 18.8 Å². The SMILES string of the molecule is [2H]C[C@H]1O[C@@H](n2ccc(N(CC)C(C)=O)nc2=O)CC1OP(OCC[N+]#[C-])N(C(C)C)C(C)C. The second-order valence-corrected chi connectivity index (χ2v) is 9.67. The Morgan fingerprint density at radius 1 is 1.45 bits per heavy atom. The maximum atomic E-state index is 12.7. The Morgan fingerprint density at radius 3 is 2.67 bits per heavy atom. The van der Waals surface area contributed by atoms with E-state index in [0.717, 1.165) is 0 Å². The van der Waals surface area contributed by atoms with Gasteiger partial charge in [0.25, 0.3) is 8.53 Å². The average Bonchev–Trinajstić information content (AvgIpc) is 3.16. The molecule has 0 N–H and O–H groups in total. The smallest absolute Gasteiger partial charge is 0.351 e. The molecule has 0 aromatic carbocycles. The normalized spacial score (nSPS) is 21.9. The van der Waals surface area contributed by atoms with Crippen molar-refractivity contribution in [1.82, 2.24) is 14.2 Å². The first-order valence-corrected chi connectivity index (χ1v) is 12.3. The monoisotopic (exact) mass is 482 g/mol. The van der Waals surface area contributed by atoms with Crippen LogP contribution in [0.15, 0.2) is 17.1 Å². The molecular weight excluding hydrogens is 445 g/mol. The van der Waals surface area contributed by atoms with Gasteiger partial charge in [-0.25, -0.2) is 16.0 Å². The number of hydrogen-bond acceptors (Lipinski definition) is 7. The molecule has 1 saturated heterocycles. The lowest BCUT2D eigenvalue weighted by molar-refractivity contribution is -0.116. The number of rotatable bonds is 11. The summed E-state index contributed by atoms with van der Waals surface area (Å²) in [6, 6.07) is 1.90. The van der Waals surface area contributed by atoms with Gasteiger partial charge in [0.1, 0.15) is 18.7 Å². The van der Waals surface area contributed by atoms with Crippen LogP contribution >= 0.6 is 8.53 Å². The molecule has 0 bridgehead atoms. The summed E-state index contributed by atoms with van der Waals surface area (Å²) in [5.41, 5.74) is -0.534. The topological polar surface area (TPSA) is 90.5 Å². The number of amides is 1. The van der Waals surface area contributed by atoms with Gasteiger partial charge in [-0.2, -0.15) is 4.98 Å². The van der Waals surface area contributed by atoms with Gasteiger partial charge in [0.15, 0.2) is 0 Å². The minimum Gasteiger partial charge on any atom is -0.352 e. The lowest BCUT2D eigenvalue weighted by Gasteiger charge is -2.36. The Balaban J connectivity index is 2.24. The average molecular weight is 483 g/mol. The largest absolute Gasteiger partial charge is 0.352 e. The van der Waals surface area contributed by atoms with Crippen molar-refractivity contribution >= 4 is 20.3 Å². The molecule has 1 aliphatic rings. The third-order valence-electron chi connectivity index (χ3n) is 5.16. The molecule has 4 atom stereocenters. The molecule has 1 aliphatic heterocycles. The van der Waals surface area contributed by atoms with Crippen LogP contribution in [0.5, 0.6) is 0 Å². The van der Waals surface area contributed by atoms with Crippen LogP contribution in [0.2, 0.25) is 0 Å². The summed E-state index contributed by atoms with van der Waals surface area (Å²) in [5, 5.41) is 0. The van der Waals surface area contributed by atoms with Crippen LogP contribution in [0.3, 0.4) is 0 Å². The van der Waals surface area contributed by atoms with Crippen molar-refractivity contribution in [1.29, 1.82) is 0 Å². The highest BCUT2D eigenvalue weighted by Gasteiger charge is 2.39. The van der Waals surface area contributed by atoms with Crippen molar-refractivity contribution in [2.24, 2.45) is 0 Å². The summed E-state index contributed by atoms with van der Waals surface area (Å²) in [7, 11) is -1.50. The maximum absolute atomic E-state index is 12.7. The fourth-order valence-corrected chi connectivity index (χ4v) is 5.46. The summed E-state index contributed by atoms with van der Waals surface area (Å²) in [5.74, 6) is 0.0961. The van der Waals surface area contributed by atoms with Gasteiger partial charge in [-0.15, -0.1) is 0 Å². The van der Waals surface area contributed by atoms with E-state index in [1.165, 1.54) is 16.4 Å². The molecule has 0 spiro atoms. The second-order valence-electron chi connectivity index (χ2n) is 8.27. The molecule has 11 heteroatoms. The van der Waals surface area contributed by atoms with Gasteiger partial charge in [-0.1, -0.05) is 0 Å². The zero-order valence-electron chi connectivity index (χ0n) is 21.3. The van der Waals surface area contributed by atoms with E-state index in [4.69, 9.17) is 21.7 Å². The zero-order chi connectivity index (χ0) is 25.4. The van der Waals surface area contributed by atoms with E-state index in [1.807, 2.05) is 6.92 Å². The molecule has 2 rings (SSSR count). The molecule has 2 unspecified atom stereocenters. The molecule has 2 heterocycles. The van der Waals surface area contributed by atoms with Gasteiger partial charge >= 0.3 is 5.69 Å². The van der Waals surface area contributed by atoms with Crippen LogP contribution in [-0.4, -0.2) is 64.1 Å². The summed E-state index contributed by atoms with van der Waals surface area (Å²) in [6.45, 7) is 19.3. The van der Waals surface area contributed by atoms with Crippen LogP contribution in [0, 0.1) is 6.57 Å². The molecule has 1 fully saturated rings. The van der Waals surface area contributed by atoms with Gasteiger partial charge in [0.05, 0.1) is 12.2 Å². The lowest BCUT2D eigenvalue weighted by atomic mass is 10.2. The molecule has 184 valence electrons. The molecule has 0 aliphatic carbocycles. The minimum atomic E-state index is -1.50.